The van der Waals surface area contributed by atoms with Crippen LogP contribution in [0.5, 0.6) is 0 Å². The van der Waals surface area contributed by atoms with E-state index in [0.717, 1.165) is 5.56 Å². The number of nitrogens with zero attached hydrogens (tertiary/aromatic N) is 1. The highest BCUT2D eigenvalue weighted by molar-refractivity contribution is 5.95. The van der Waals surface area contributed by atoms with Crippen LogP contribution < -0.4 is 0 Å². The fourth-order valence-corrected chi connectivity index (χ4v) is 3.09. The van der Waals surface area contributed by atoms with E-state index in [1.165, 1.54) is 31.2 Å². The van der Waals surface area contributed by atoms with E-state index in [9.17, 15) is 4.79 Å². The zero-order chi connectivity index (χ0) is 11.1. The molecule has 0 aliphatic carbocycles. The first-order valence-electron chi connectivity index (χ1n) is 6.15. The van der Waals surface area contributed by atoms with E-state index in [-0.39, 0.29) is 5.91 Å². The fraction of sp³-hybridized carbons (Fsp3) is 0.500. The summed E-state index contributed by atoms with van der Waals surface area (Å²) < 4.78 is 0. The number of hydrogen-bond donors (Lipinski definition) is 0. The van der Waals surface area contributed by atoms with Gasteiger partial charge in [-0.05, 0) is 44.7 Å². The molecule has 1 aromatic rings. The van der Waals surface area contributed by atoms with E-state index < -0.39 is 0 Å². The van der Waals surface area contributed by atoms with Gasteiger partial charge in [-0.25, -0.2) is 0 Å². The molecule has 16 heavy (non-hydrogen) atoms. The van der Waals surface area contributed by atoms with Crippen molar-refractivity contribution in [3.63, 3.8) is 0 Å². The maximum Gasteiger partial charge on any atom is 0.254 e. The Morgan fingerprint density at radius 3 is 2.06 bits per heavy atom. The third-order valence-corrected chi connectivity index (χ3v) is 3.99. The van der Waals surface area contributed by atoms with E-state index in [2.05, 4.69) is 4.90 Å². The summed E-state index contributed by atoms with van der Waals surface area (Å²) in [5.74, 6) is 0.241. The lowest BCUT2D eigenvalue weighted by Gasteiger charge is -2.22. The third kappa shape index (κ3) is 1.44. The Labute approximate surface area is 96.3 Å². The predicted molar refractivity (Wildman–Crippen MR) is 63.4 cm³/mol. The van der Waals surface area contributed by atoms with Crippen LogP contribution in [0.2, 0.25) is 0 Å². The fourth-order valence-electron chi connectivity index (χ4n) is 3.09. The zero-order valence-electron chi connectivity index (χ0n) is 9.65. The topological polar surface area (TPSA) is 20.3 Å². The van der Waals surface area contributed by atoms with Crippen LogP contribution in [0.15, 0.2) is 24.3 Å². The van der Waals surface area contributed by atoms with Gasteiger partial charge >= 0.3 is 0 Å². The Morgan fingerprint density at radius 1 is 1.06 bits per heavy atom. The van der Waals surface area contributed by atoms with Gasteiger partial charge in [-0.3, -0.25) is 4.79 Å². The van der Waals surface area contributed by atoms with Crippen LogP contribution in [0.3, 0.4) is 0 Å². The Morgan fingerprint density at radius 2 is 1.56 bits per heavy atom. The molecule has 0 spiro atoms. The molecular formula is C14H17NO. The summed E-state index contributed by atoms with van der Waals surface area (Å²) in [5.41, 5.74) is 2.06. The van der Waals surface area contributed by atoms with Crippen molar-refractivity contribution in [3.8, 4) is 0 Å². The van der Waals surface area contributed by atoms with E-state index in [4.69, 9.17) is 0 Å². The number of fused-ring (bicyclic) bond motifs is 2. The smallest absolute Gasteiger partial charge is 0.254 e. The van der Waals surface area contributed by atoms with Crippen LogP contribution in [0.4, 0.5) is 0 Å². The molecule has 84 valence electrons. The van der Waals surface area contributed by atoms with Crippen molar-refractivity contribution >= 4 is 5.91 Å². The van der Waals surface area contributed by atoms with Crippen LogP contribution in [-0.2, 0) is 0 Å². The minimum atomic E-state index is 0.241. The largest absolute Gasteiger partial charge is 0.333 e. The number of amides is 1. The SMILES string of the molecule is Cc1ccc(C(=O)N2C3CCC2CC3)cc1. The van der Waals surface area contributed by atoms with Crippen molar-refractivity contribution in [3.05, 3.63) is 35.4 Å². The highest BCUT2D eigenvalue weighted by Crippen LogP contribution is 2.38. The molecule has 0 atom stereocenters. The molecule has 3 rings (SSSR count). The number of carbonyl (C=O) groups is 1. The molecule has 1 aromatic carbocycles. The molecule has 2 fully saturated rings. The third-order valence-electron chi connectivity index (χ3n) is 3.99. The second kappa shape index (κ2) is 3.62. The number of hydrogen-bond acceptors (Lipinski definition) is 1. The lowest BCUT2D eigenvalue weighted by atomic mass is 10.0. The van der Waals surface area contributed by atoms with Crippen LogP contribution in [0.25, 0.3) is 0 Å². The maximum atomic E-state index is 12.3. The molecule has 2 heterocycles. The van der Waals surface area contributed by atoms with Crippen molar-refractivity contribution in [2.75, 3.05) is 0 Å². The summed E-state index contributed by atoms with van der Waals surface area (Å²) >= 11 is 0. The molecule has 0 saturated carbocycles. The minimum Gasteiger partial charge on any atom is -0.333 e. The molecule has 2 bridgehead atoms. The Hall–Kier alpha value is -1.31. The highest BCUT2D eigenvalue weighted by Gasteiger charge is 2.42. The molecule has 0 unspecified atom stereocenters. The summed E-state index contributed by atoms with van der Waals surface area (Å²) in [6, 6.07) is 9.00. The summed E-state index contributed by atoms with van der Waals surface area (Å²) in [4.78, 5) is 14.5. The maximum absolute atomic E-state index is 12.3. The van der Waals surface area contributed by atoms with Crippen molar-refractivity contribution in [2.24, 2.45) is 0 Å². The van der Waals surface area contributed by atoms with Gasteiger partial charge in [0, 0.05) is 17.6 Å². The van der Waals surface area contributed by atoms with Gasteiger partial charge < -0.3 is 4.90 Å². The molecule has 2 nitrogen and oxygen atoms in total. The lowest BCUT2D eigenvalue weighted by Crippen LogP contribution is -2.35. The van der Waals surface area contributed by atoms with E-state index >= 15 is 0 Å². The number of carbonyl (C=O) groups excluding carboxylic acids is 1. The molecule has 1 amide bonds. The van der Waals surface area contributed by atoms with Gasteiger partial charge in [0.15, 0.2) is 0 Å². The molecule has 0 N–H and O–H groups in total. The Bertz CT molecular complexity index is 389. The first-order valence-corrected chi connectivity index (χ1v) is 6.15. The van der Waals surface area contributed by atoms with Crippen molar-refractivity contribution in [1.82, 2.24) is 4.90 Å². The standard InChI is InChI=1S/C14H17NO/c1-10-2-4-11(5-3-10)14(16)15-12-6-7-13(15)9-8-12/h2-5,12-13H,6-9H2,1H3. The van der Waals surface area contributed by atoms with Gasteiger partial charge in [-0.1, -0.05) is 17.7 Å². The molecule has 0 radical (unpaired) electrons. The van der Waals surface area contributed by atoms with Crippen LogP contribution in [0, 0.1) is 6.92 Å². The van der Waals surface area contributed by atoms with Crippen molar-refractivity contribution in [2.45, 2.75) is 44.7 Å². The molecule has 0 aromatic heterocycles. The van der Waals surface area contributed by atoms with Gasteiger partial charge in [-0.2, -0.15) is 0 Å². The molecule has 2 aliphatic heterocycles. The normalized spacial score (nSPS) is 27.4. The van der Waals surface area contributed by atoms with Crippen LogP contribution in [-0.4, -0.2) is 22.9 Å². The van der Waals surface area contributed by atoms with Crippen molar-refractivity contribution in [1.29, 1.82) is 0 Å². The van der Waals surface area contributed by atoms with Crippen molar-refractivity contribution < 1.29 is 4.79 Å². The zero-order valence-corrected chi connectivity index (χ0v) is 9.65. The highest BCUT2D eigenvalue weighted by atomic mass is 16.2. The van der Waals surface area contributed by atoms with Gasteiger partial charge in [-0.15, -0.1) is 0 Å². The number of benzene rings is 1. The minimum absolute atomic E-state index is 0.241. The average molecular weight is 215 g/mol. The average Bonchev–Trinajstić information content (AvgIpc) is 2.88. The van der Waals surface area contributed by atoms with E-state index in [1.807, 2.05) is 31.2 Å². The first-order chi connectivity index (χ1) is 7.75. The Balaban J connectivity index is 1.85. The van der Waals surface area contributed by atoms with E-state index in [0.29, 0.717) is 12.1 Å². The summed E-state index contributed by atoms with van der Waals surface area (Å²) in [7, 11) is 0. The Kier molecular flexibility index (Phi) is 2.23. The molecular weight excluding hydrogens is 198 g/mol. The van der Waals surface area contributed by atoms with Gasteiger partial charge in [0.2, 0.25) is 0 Å². The first kappa shape index (κ1) is 9.88. The van der Waals surface area contributed by atoms with Gasteiger partial charge in [0.25, 0.3) is 5.91 Å². The second-order valence-electron chi connectivity index (χ2n) is 5.04. The summed E-state index contributed by atoms with van der Waals surface area (Å²) in [6.45, 7) is 2.05. The van der Waals surface area contributed by atoms with Gasteiger partial charge in [0.1, 0.15) is 0 Å². The molecule has 2 heteroatoms. The molecule has 2 aliphatic rings. The quantitative estimate of drug-likeness (QED) is 0.705. The number of rotatable bonds is 1. The number of aryl methyl sites for hydroxylation is 1. The van der Waals surface area contributed by atoms with E-state index in [1.54, 1.807) is 0 Å². The van der Waals surface area contributed by atoms with Crippen LogP contribution in [0.1, 0.15) is 41.6 Å². The lowest BCUT2D eigenvalue weighted by molar-refractivity contribution is 0.0730. The molecule has 2 saturated heterocycles. The summed E-state index contributed by atoms with van der Waals surface area (Å²) in [5, 5.41) is 0. The summed E-state index contributed by atoms with van der Waals surface area (Å²) in [6.07, 6.45) is 4.84. The second-order valence-corrected chi connectivity index (χ2v) is 5.04. The van der Waals surface area contributed by atoms with Crippen LogP contribution >= 0.6 is 0 Å². The predicted octanol–water partition coefficient (Wildman–Crippen LogP) is 2.76. The van der Waals surface area contributed by atoms with Gasteiger partial charge in [0.05, 0.1) is 0 Å². The monoisotopic (exact) mass is 215 g/mol.